The van der Waals surface area contributed by atoms with Crippen molar-refractivity contribution >= 4 is 0 Å². The molecule has 1 fully saturated rings. The van der Waals surface area contributed by atoms with Crippen molar-refractivity contribution in [1.82, 2.24) is 0 Å². The molecule has 1 atom stereocenters. The summed E-state index contributed by atoms with van der Waals surface area (Å²) in [5.41, 5.74) is 28.3. The monoisotopic (exact) mass is 959 g/mol. The molecule has 1 nitrogen and oxygen atoms in total. The fourth-order valence-corrected chi connectivity index (χ4v) is 12.5. The summed E-state index contributed by atoms with van der Waals surface area (Å²) in [5.74, 6) is 0. The molecule has 6 aromatic carbocycles. The van der Waals surface area contributed by atoms with Crippen molar-refractivity contribution in [3.63, 3.8) is 0 Å². The van der Waals surface area contributed by atoms with E-state index in [4.69, 9.17) is 4.74 Å². The predicted molar refractivity (Wildman–Crippen MR) is 313 cm³/mol. The summed E-state index contributed by atoms with van der Waals surface area (Å²) in [5, 5.41) is 0. The molecule has 6 aromatic rings. The smallest absolute Gasteiger partial charge is 0.0616 e. The Hall–Kier alpha value is -4.98. The minimum Gasteiger partial charge on any atom is -0.378 e. The van der Waals surface area contributed by atoms with Crippen molar-refractivity contribution in [2.24, 2.45) is 0 Å². The van der Waals surface area contributed by atoms with Crippen LogP contribution in [0.4, 0.5) is 0 Å². The van der Waals surface area contributed by atoms with Gasteiger partial charge in [0.25, 0.3) is 0 Å². The second-order valence-electron chi connectivity index (χ2n) is 27.8. The Morgan fingerprint density at radius 1 is 0.458 bits per heavy atom. The van der Waals surface area contributed by atoms with E-state index in [2.05, 4.69) is 254 Å². The van der Waals surface area contributed by atoms with E-state index in [1.165, 1.54) is 119 Å². The Bertz CT molecular complexity index is 2950. The van der Waals surface area contributed by atoms with Crippen LogP contribution in [0.2, 0.25) is 0 Å². The van der Waals surface area contributed by atoms with Crippen LogP contribution in [0.3, 0.4) is 0 Å². The van der Waals surface area contributed by atoms with E-state index in [0.29, 0.717) is 6.10 Å². The zero-order valence-corrected chi connectivity index (χ0v) is 48.5. The first-order valence-electron chi connectivity index (χ1n) is 27.5. The minimum absolute atomic E-state index is 0.0114. The second kappa shape index (κ2) is 18.7. The van der Waals surface area contributed by atoms with Crippen molar-refractivity contribution in [1.29, 1.82) is 0 Å². The highest BCUT2D eigenvalue weighted by molar-refractivity contribution is 5.84. The van der Waals surface area contributed by atoms with Crippen LogP contribution < -0.4 is 0 Å². The Morgan fingerprint density at radius 3 is 1.22 bits per heavy atom. The first kappa shape index (κ1) is 53.3. The summed E-state index contributed by atoms with van der Waals surface area (Å²) in [6.07, 6.45) is 7.16. The van der Waals surface area contributed by atoms with Crippen molar-refractivity contribution in [3.8, 4) is 33.4 Å². The zero-order chi connectivity index (χ0) is 52.7. The quantitative estimate of drug-likeness (QED) is 0.160. The minimum atomic E-state index is 0.0114. The molecule has 72 heavy (non-hydrogen) atoms. The fourth-order valence-electron chi connectivity index (χ4n) is 12.5. The topological polar surface area (TPSA) is 9.23 Å². The second-order valence-corrected chi connectivity index (χ2v) is 27.8. The molecule has 1 saturated heterocycles. The maximum absolute atomic E-state index is 5.79. The first-order chi connectivity index (χ1) is 33.4. The third-order valence-corrected chi connectivity index (χ3v) is 16.9. The maximum Gasteiger partial charge on any atom is 0.0616 e. The number of benzene rings is 6. The molecule has 0 aromatic heterocycles. The van der Waals surface area contributed by atoms with Crippen LogP contribution >= 0.6 is 0 Å². The predicted octanol–water partition coefficient (Wildman–Crippen LogP) is 19.4. The third kappa shape index (κ3) is 9.91. The number of allylic oxidation sites excluding steroid dienone is 2. The molecule has 1 heteroatoms. The lowest BCUT2D eigenvalue weighted by Crippen LogP contribution is -2.25. The van der Waals surface area contributed by atoms with Gasteiger partial charge in [-0.1, -0.05) is 245 Å². The van der Waals surface area contributed by atoms with Crippen molar-refractivity contribution in [2.45, 2.75) is 208 Å². The van der Waals surface area contributed by atoms with Crippen LogP contribution in [0.5, 0.6) is 0 Å². The number of fused-ring (bicyclic) bond motifs is 9. The number of rotatable bonds is 4. The summed E-state index contributed by atoms with van der Waals surface area (Å²) < 4.78 is 5.79. The molecule has 4 aliphatic rings. The summed E-state index contributed by atoms with van der Waals surface area (Å²) in [7, 11) is 0. The van der Waals surface area contributed by atoms with Gasteiger partial charge in [-0.25, -0.2) is 0 Å². The van der Waals surface area contributed by atoms with Crippen LogP contribution in [0.25, 0.3) is 33.4 Å². The molecule has 3 aliphatic carbocycles. The molecule has 0 spiro atoms. The molecule has 0 radical (unpaired) electrons. The SMILES string of the molecule is C/C=C(\C)Cc1ccc2c(c1)C(C)(C)c1ccccc1-2.CC(C)(C)c1cc2c(cc1C(C)(C)C)C(C)(C)c1cc(C(C)(C)C)c(C(C)(C)C)cc1-2.CC1(C)c2ccccc2-c2ccc(CC3CCCO3)cc21. The zero-order valence-electron chi connectivity index (χ0n) is 48.5. The van der Waals surface area contributed by atoms with Crippen LogP contribution in [-0.4, -0.2) is 12.7 Å². The lowest BCUT2D eigenvalue weighted by atomic mass is 9.71. The van der Waals surface area contributed by atoms with E-state index in [1.54, 1.807) is 0 Å². The Kier molecular flexibility index (Phi) is 13.9. The van der Waals surface area contributed by atoms with Gasteiger partial charge in [-0.15, -0.1) is 0 Å². The average Bonchev–Trinajstić information content (AvgIpc) is 4.01. The molecule has 380 valence electrons. The van der Waals surface area contributed by atoms with Crippen LogP contribution in [0.15, 0.2) is 121 Å². The molecule has 0 amide bonds. The molecule has 0 bridgehead atoms. The van der Waals surface area contributed by atoms with Gasteiger partial charge >= 0.3 is 0 Å². The van der Waals surface area contributed by atoms with Crippen LogP contribution in [0.1, 0.15) is 218 Å². The molecular weight excluding hydrogens is 869 g/mol. The van der Waals surface area contributed by atoms with Gasteiger partial charge in [-0.2, -0.15) is 0 Å². The Balaban J connectivity index is 0.000000149. The van der Waals surface area contributed by atoms with Gasteiger partial charge in [-0.3, -0.25) is 0 Å². The summed E-state index contributed by atoms with van der Waals surface area (Å²) in [6.45, 7) is 47.7. The van der Waals surface area contributed by atoms with E-state index in [-0.39, 0.29) is 37.9 Å². The summed E-state index contributed by atoms with van der Waals surface area (Å²) in [4.78, 5) is 0. The van der Waals surface area contributed by atoms with Gasteiger partial charge in [0, 0.05) is 22.9 Å². The summed E-state index contributed by atoms with van der Waals surface area (Å²) in [6, 6.07) is 41.8. The molecule has 1 aliphatic heterocycles. The summed E-state index contributed by atoms with van der Waals surface area (Å²) >= 11 is 0. The van der Waals surface area contributed by atoms with Gasteiger partial charge in [0.05, 0.1) is 6.10 Å². The highest BCUT2D eigenvalue weighted by Gasteiger charge is 2.41. The normalized spacial score (nSPS) is 17.9. The average molecular weight is 959 g/mol. The van der Waals surface area contributed by atoms with Gasteiger partial charge in [0.2, 0.25) is 0 Å². The molecule has 10 rings (SSSR count). The standard InChI is InChI=1S/C31H46.C20H22O.C20H22/c1-27(2,3)23-15-19-20-16-24(28(4,5)6)26(30(10,11)12)18-22(20)31(13,14)21(19)17-25(23)29(7,8)9;1-20(2)18-8-4-3-7-16(18)17-10-9-14(13-19(17)20)12-15-6-5-11-21-15;1-5-14(2)12-15-10-11-17-16-8-6-7-9-18(16)20(3,4)19(17)13-15/h15-18H,1-14H3;3-4,7-10,13,15H,5-6,11-12H2,1-2H3;5-11,13H,12H2,1-4H3/b;;14-5+. The van der Waals surface area contributed by atoms with Crippen LogP contribution in [-0.2, 0) is 55.5 Å². The third-order valence-electron chi connectivity index (χ3n) is 16.9. The molecular formula is C71H90O. The maximum atomic E-state index is 5.79. The highest BCUT2D eigenvalue weighted by atomic mass is 16.5. The van der Waals surface area contributed by atoms with Crippen LogP contribution in [0, 0.1) is 0 Å². The molecule has 1 unspecified atom stereocenters. The van der Waals surface area contributed by atoms with E-state index >= 15 is 0 Å². The number of hydrogen-bond donors (Lipinski definition) is 0. The van der Waals surface area contributed by atoms with E-state index < -0.39 is 0 Å². The first-order valence-corrected chi connectivity index (χ1v) is 27.5. The van der Waals surface area contributed by atoms with Gasteiger partial charge in [0.15, 0.2) is 0 Å². The number of hydrogen-bond acceptors (Lipinski definition) is 1. The Labute approximate surface area is 438 Å². The van der Waals surface area contributed by atoms with Crippen molar-refractivity contribution < 1.29 is 4.74 Å². The van der Waals surface area contributed by atoms with Gasteiger partial charge in [0.1, 0.15) is 0 Å². The van der Waals surface area contributed by atoms with E-state index in [1.807, 2.05) is 0 Å². The Morgan fingerprint density at radius 2 is 0.819 bits per heavy atom. The van der Waals surface area contributed by atoms with Crippen molar-refractivity contribution in [3.05, 3.63) is 188 Å². The molecule has 1 heterocycles. The van der Waals surface area contributed by atoms with Gasteiger partial charge in [-0.05, 0) is 161 Å². The van der Waals surface area contributed by atoms with Crippen molar-refractivity contribution in [2.75, 3.05) is 6.61 Å². The van der Waals surface area contributed by atoms with Gasteiger partial charge < -0.3 is 4.74 Å². The number of ether oxygens (including phenoxy) is 1. The van der Waals surface area contributed by atoms with E-state index in [9.17, 15) is 0 Å². The van der Waals surface area contributed by atoms with E-state index in [0.717, 1.165) is 19.4 Å². The highest BCUT2D eigenvalue weighted by Crippen LogP contribution is 2.55. The molecule has 0 N–H and O–H groups in total. The lowest BCUT2D eigenvalue weighted by molar-refractivity contribution is 0.111. The fraction of sp³-hybridized carbons (Fsp3) is 0.465. The lowest BCUT2D eigenvalue weighted by Gasteiger charge is -2.33. The molecule has 0 saturated carbocycles. The largest absolute Gasteiger partial charge is 0.378 e.